The molecule has 0 radical (unpaired) electrons. The zero-order chi connectivity index (χ0) is 20.3. The highest BCUT2D eigenvalue weighted by Gasteiger charge is 2.51. The molecule has 0 spiro atoms. The van der Waals surface area contributed by atoms with Crippen molar-refractivity contribution in [2.75, 3.05) is 20.1 Å². The topological polar surface area (TPSA) is 98.8 Å². The minimum Gasteiger partial charge on any atom is -0.324 e. The van der Waals surface area contributed by atoms with Crippen molar-refractivity contribution in [1.82, 2.24) is 19.8 Å². The first-order valence-electron chi connectivity index (χ1n) is 10.1. The Kier molecular flexibility index (Phi) is 5.21. The van der Waals surface area contributed by atoms with Crippen molar-refractivity contribution in [3.8, 4) is 0 Å². The van der Waals surface area contributed by atoms with Crippen LogP contribution >= 0.6 is 11.8 Å². The standard InChI is InChI=1S/C18H30N4O4S2/c1-11-19-9-12(27-11)10-22-16(23)14-8-13(4-5-15(14)21(3)17(22)24)28(25,26)20-18(2)6-7-18/h11-15,19-20H,4-10H2,1-3H3. The second-order valence-electron chi connectivity index (χ2n) is 8.97. The van der Waals surface area contributed by atoms with Crippen LogP contribution in [0.3, 0.4) is 0 Å². The number of sulfonamides is 1. The Morgan fingerprint density at radius 1 is 1.29 bits per heavy atom. The summed E-state index contributed by atoms with van der Waals surface area (Å²) in [6, 6.07) is -0.455. The maximum Gasteiger partial charge on any atom is 0.326 e. The Hall–Kier alpha value is -0.840. The van der Waals surface area contributed by atoms with Crippen LogP contribution in [-0.4, -0.2) is 77.7 Å². The zero-order valence-electron chi connectivity index (χ0n) is 16.7. The second-order valence-corrected chi connectivity index (χ2v) is 12.6. The molecule has 5 unspecified atom stereocenters. The van der Waals surface area contributed by atoms with Gasteiger partial charge in [-0.2, -0.15) is 0 Å². The predicted octanol–water partition coefficient (Wildman–Crippen LogP) is 0.941. The van der Waals surface area contributed by atoms with Crippen LogP contribution in [0.15, 0.2) is 0 Å². The van der Waals surface area contributed by atoms with Gasteiger partial charge in [-0.1, -0.05) is 0 Å². The van der Waals surface area contributed by atoms with E-state index in [1.54, 1.807) is 23.7 Å². The quantitative estimate of drug-likeness (QED) is 0.674. The third kappa shape index (κ3) is 3.80. The Labute approximate surface area is 171 Å². The van der Waals surface area contributed by atoms with Gasteiger partial charge in [0.25, 0.3) is 0 Å². The lowest BCUT2D eigenvalue weighted by atomic mass is 9.81. The lowest BCUT2D eigenvalue weighted by Gasteiger charge is -2.47. The number of nitrogens with zero attached hydrogens (tertiary/aromatic N) is 2. The molecule has 2 saturated heterocycles. The molecule has 0 aromatic rings. The third-order valence-corrected chi connectivity index (χ3v) is 9.98. The lowest BCUT2D eigenvalue weighted by Crippen LogP contribution is -2.63. The van der Waals surface area contributed by atoms with Crippen molar-refractivity contribution in [2.45, 2.75) is 73.4 Å². The molecule has 0 aromatic carbocycles. The molecular weight excluding hydrogens is 400 g/mol. The van der Waals surface area contributed by atoms with Crippen LogP contribution < -0.4 is 10.0 Å². The molecule has 158 valence electrons. The highest BCUT2D eigenvalue weighted by Crippen LogP contribution is 2.40. The molecule has 28 heavy (non-hydrogen) atoms. The summed E-state index contributed by atoms with van der Waals surface area (Å²) < 4.78 is 28.5. The number of carbonyl (C=O) groups excluding carboxylic acids is 2. The van der Waals surface area contributed by atoms with Crippen LogP contribution in [0.5, 0.6) is 0 Å². The van der Waals surface area contributed by atoms with Crippen molar-refractivity contribution < 1.29 is 18.0 Å². The molecular formula is C18H30N4O4S2. The number of hydrogen-bond donors (Lipinski definition) is 2. The van der Waals surface area contributed by atoms with Gasteiger partial charge in [0.15, 0.2) is 0 Å². The van der Waals surface area contributed by atoms with E-state index in [9.17, 15) is 18.0 Å². The van der Waals surface area contributed by atoms with E-state index in [4.69, 9.17) is 0 Å². The van der Waals surface area contributed by atoms with Gasteiger partial charge in [-0.25, -0.2) is 17.9 Å². The van der Waals surface area contributed by atoms with E-state index in [0.717, 1.165) is 19.4 Å². The molecule has 2 N–H and O–H groups in total. The molecule has 2 aliphatic carbocycles. The number of thioether (sulfide) groups is 1. The van der Waals surface area contributed by atoms with Crippen molar-refractivity contribution in [2.24, 2.45) is 5.92 Å². The van der Waals surface area contributed by atoms with Crippen LogP contribution in [0.2, 0.25) is 0 Å². The van der Waals surface area contributed by atoms with Crippen molar-refractivity contribution in [3.63, 3.8) is 0 Å². The van der Waals surface area contributed by atoms with Gasteiger partial charge in [-0.05, 0) is 46.0 Å². The molecule has 2 aliphatic heterocycles. The number of fused-ring (bicyclic) bond motifs is 1. The van der Waals surface area contributed by atoms with Crippen LogP contribution in [0.25, 0.3) is 0 Å². The number of imide groups is 1. The van der Waals surface area contributed by atoms with Crippen molar-refractivity contribution in [1.29, 1.82) is 0 Å². The normalized spacial score (nSPS) is 37.9. The average molecular weight is 431 g/mol. The first-order chi connectivity index (χ1) is 13.1. The van der Waals surface area contributed by atoms with Crippen molar-refractivity contribution >= 4 is 33.7 Å². The maximum atomic E-state index is 13.2. The average Bonchev–Trinajstić information content (AvgIpc) is 3.20. The summed E-state index contributed by atoms with van der Waals surface area (Å²) in [7, 11) is -1.73. The summed E-state index contributed by atoms with van der Waals surface area (Å²) in [6.45, 7) is 5.13. The molecule has 2 saturated carbocycles. The van der Waals surface area contributed by atoms with Crippen LogP contribution in [0, 0.1) is 5.92 Å². The Morgan fingerprint density at radius 2 is 2.00 bits per heavy atom. The van der Waals surface area contributed by atoms with Gasteiger partial charge in [0.2, 0.25) is 15.9 Å². The van der Waals surface area contributed by atoms with E-state index in [2.05, 4.69) is 17.0 Å². The summed E-state index contributed by atoms with van der Waals surface area (Å²) in [5, 5.41) is 3.24. The predicted molar refractivity (Wildman–Crippen MR) is 108 cm³/mol. The largest absolute Gasteiger partial charge is 0.326 e. The van der Waals surface area contributed by atoms with E-state index in [1.807, 2.05) is 6.92 Å². The molecule has 3 amide bonds. The summed E-state index contributed by atoms with van der Waals surface area (Å²) in [6.07, 6.45) is 3.04. The summed E-state index contributed by atoms with van der Waals surface area (Å²) in [5.74, 6) is -0.646. The minimum absolute atomic E-state index is 0.174. The highest BCUT2D eigenvalue weighted by molar-refractivity contribution is 8.00. The highest BCUT2D eigenvalue weighted by atomic mass is 32.2. The van der Waals surface area contributed by atoms with Gasteiger partial charge in [0.1, 0.15) is 0 Å². The third-order valence-electron chi connectivity index (χ3n) is 6.62. The van der Waals surface area contributed by atoms with Crippen LogP contribution in [-0.2, 0) is 14.8 Å². The number of carbonyl (C=O) groups is 2. The molecule has 10 heteroatoms. The van der Waals surface area contributed by atoms with E-state index < -0.39 is 21.2 Å². The van der Waals surface area contributed by atoms with Gasteiger partial charge >= 0.3 is 6.03 Å². The molecule has 4 rings (SSSR count). The Balaban J connectivity index is 1.49. The van der Waals surface area contributed by atoms with E-state index in [1.165, 1.54) is 4.90 Å². The maximum absolute atomic E-state index is 13.2. The molecule has 5 atom stereocenters. The minimum atomic E-state index is -3.47. The number of hydrogen-bond acceptors (Lipinski definition) is 6. The summed E-state index contributed by atoms with van der Waals surface area (Å²) in [4.78, 5) is 29.0. The van der Waals surface area contributed by atoms with Crippen LogP contribution in [0.1, 0.15) is 46.0 Å². The first-order valence-corrected chi connectivity index (χ1v) is 12.6. The Bertz CT molecular complexity index is 770. The molecule has 2 heterocycles. The summed E-state index contributed by atoms with van der Waals surface area (Å²) in [5.41, 5.74) is -0.311. The molecule has 0 aromatic heterocycles. The van der Waals surface area contributed by atoms with E-state index in [0.29, 0.717) is 24.8 Å². The SMILES string of the molecule is CC1NCC(CN2C(=O)C3CC(S(=O)(=O)NC4(C)CC4)CCC3N(C)C2=O)S1. The number of amides is 3. The molecule has 4 aliphatic rings. The fraction of sp³-hybridized carbons (Fsp3) is 0.889. The zero-order valence-corrected chi connectivity index (χ0v) is 18.3. The number of rotatable bonds is 5. The fourth-order valence-corrected chi connectivity index (χ4v) is 7.79. The molecule has 8 nitrogen and oxygen atoms in total. The lowest BCUT2D eigenvalue weighted by molar-refractivity contribution is -0.139. The van der Waals surface area contributed by atoms with E-state index >= 15 is 0 Å². The number of nitrogens with one attached hydrogen (secondary N) is 2. The van der Waals surface area contributed by atoms with Crippen LogP contribution in [0.4, 0.5) is 4.79 Å². The van der Waals surface area contributed by atoms with Gasteiger partial charge in [-0.3, -0.25) is 9.69 Å². The molecule has 0 bridgehead atoms. The smallest absolute Gasteiger partial charge is 0.324 e. The second kappa shape index (κ2) is 7.14. The Morgan fingerprint density at radius 3 is 2.61 bits per heavy atom. The van der Waals surface area contributed by atoms with Gasteiger partial charge in [0.05, 0.1) is 16.5 Å². The fourth-order valence-electron chi connectivity index (χ4n) is 4.63. The molecule has 4 fully saturated rings. The summed E-state index contributed by atoms with van der Waals surface area (Å²) >= 11 is 1.73. The van der Waals surface area contributed by atoms with E-state index in [-0.39, 0.29) is 35.2 Å². The monoisotopic (exact) mass is 430 g/mol. The van der Waals surface area contributed by atoms with Crippen molar-refractivity contribution in [3.05, 3.63) is 0 Å². The first kappa shape index (κ1) is 20.4. The van der Waals surface area contributed by atoms with Gasteiger partial charge in [0, 0.05) is 37.0 Å². The number of urea groups is 1. The van der Waals surface area contributed by atoms with Gasteiger partial charge in [-0.15, -0.1) is 11.8 Å². The van der Waals surface area contributed by atoms with Gasteiger partial charge < -0.3 is 10.2 Å².